The second-order valence-electron chi connectivity index (χ2n) is 6.61. The van der Waals surface area contributed by atoms with Gasteiger partial charge in [0.15, 0.2) is 0 Å². The van der Waals surface area contributed by atoms with E-state index in [4.69, 9.17) is 9.84 Å². The summed E-state index contributed by atoms with van der Waals surface area (Å²) in [6.45, 7) is 2.88. The number of aryl methyl sites for hydroxylation is 1. The predicted octanol–water partition coefficient (Wildman–Crippen LogP) is 3.19. The highest BCUT2D eigenvalue weighted by atomic mass is 32.1. The van der Waals surface area contributed by atoms with E-state index < -0.39 is 5.97 Å². The lowest BCUT2D eigenvalue weighted by Crippen LogP contribution is -2.16. The van der Waals surface area contributed by atoms with Crippen molar-refractivity contribution in [1.82, 2.24) is 9.97 Å². The molecule has 7 heteroatoms. The number of hydrogen-bond acceptors (Lipinski definition) is 6. The Labute approximate surface area is 161 Å². The van der Waals surface area contributed by atoms with Crippen molar-refractivity contribution in [3.63, 3.8) is 0 Å². The first-order valence-electron chi connectivity index (χ1n) is 9.00. The van der Waals surface area contributed by atoms with Gasteiger partial charge in [0.1, 0.15) is 5.01 Å². The first-order valence-corrected chi connectivity index (χ1v) is 9.81. The molecule has 1 aliphatic rings. The number of rotatable bonds is 8. The molecule has 1 unspecified atom stereocenters. The van der Waals surface area contributed by atoms with Crippen molar-refractivity contribution in [3.8, 4) is 10.7 Å². The molecule has 6 nitrogen and oxygen atoms in total. The van der Waals surface area contributed by atoms with Gasteiger partial charge in [0.2, 0.25) is 0 Å². The van der Waals surface area contributed by atoms with E-state index in [0.29, 0.717) is 28.8 Å². The molecule has 1 atom stereocenters. The minimum atomic E-state index is -0.852. The third-order valence-corrected chi connectivity index (χ3v) is 5.44. The van der Waals surface area contributed by atoms with E-state index in [0.717, 1.165) is 29.7 Å². The van der Waals surface area contributed by atoms with Gasteiger partial charge in [-0.2, -0.15) is 4.98 Å². The van der Waals surface area contributed by atoms with Crippen LogP contribution in [0.1, 0.15) is 35.8 Å². The number of ether oxygens (including phenoxy) is 1. The standard InChI is InChI=1S/C20H22N2O4S/c1-13-4-5-15-17(11-13)27-20(22-19(15)25)16-12-14(6-8-21-16)3-2-9-26-10-7-18(23)24/h4-6,8,12-13H,2-3,7,9-11H2,1H3,(H,23,24). The van der Waals surface area contributed by atoms with E-state index >= 15 is 0 Å². The summed E-state index contributed by atoms with van der Waals surface area (Å²) in [7, 11) is 0. The Balaban J connectivity index is 1.66. The molecule has 142 valence electrons. The lowest BCUT2D eigenvalue weighted by atomic mass is 9.98. The van der Waals surface area contributed by atoms with Gasteiger partial charge in [0.05, 0.1) is 24.3 Å². The lowest BCUT2D eigenvalue weighted by molar-refractivity contribution is -0.138. The first-order chi connectivity index (χ1) is 13.0. The van der Waals surface area contributed by atoms with Crippen LogP contribution in [0.25, 0.3) is 16.8 Å². The molecule has 0 aliphatic heterocycles. The molecule has 0 radical (unpaired) electrons. The van der Waals surface area contributed by atoms with Crippen LogP contribution in [0.15, 0.2) is 29.2 Å². The van der Waals surface area contributed by atoms with Gasteiger partial charge in [-0.3, -0.25) is 14.6 Å². The summed E-state index contributed by atoms with van der Waals surface area (Å²) in [5.41, 5.74) is 2.32. The molecule has 0 saturated heterocycles. The second kappa shape index (κ2) is 9.01. The van der Waals surface area contributed by atoms with Gasteiger partial charge >= 0.3 is 5.97 Å². The molecule has 2 aromatic heterocycles. The molecule has 2 heterocycles. The number of allylic oxidation sites excluding steroid dienone is 1. The molecular weight excluding hydrogens is 364 g/mol. The maximum Gasteiger partial charge on any atom is 0.305 e. The van der Waals surface area contributed by atoms with Crippen LogP contribution >= 0.6 is 11.3 Å². The van der Waals surface area contributed by atoms with Crippen LogP contribution in [0.2, 0.25) is 0 Å². The van der Waals surface area contributed by atoms with Crippen LogP contribution in [0.5, 0.6) is 0 Å². The number of aliphatic carboxylic acids is 1. The van der Waals surface area contributed by atoms with Crippen LogP contribution in [-0.2, 0) is 22.4 Å². The summed E-state index contributed by atoms with van der Waals surface area (Å²) in [5.74, 6) is -0.431. The Morgan fingerprint density at radius 2 is 2.26 bits per heavy atom. The van der Waals surface area contributed by atoms with E-state index in [1.54, 1.807) is 6.20 Å². The van der Waals surface area contributed by atoms with Crippen molar-refractivity contribution >= 4 is 23.4 Å². The summed E-state index contributed by atoms with van der Waals surface area (Å²) in [5, 5.41) is 9.23. The third kappa shape index (κ3) is 5.30. The molecular formula is C20H22N2O4S. The maximum atomic E-state index is 12.3. The zero-order valence-electron chi connectivity index (χ0n) is 15.2. The monoisotopic (exact) mass is 386 g/mol. The molecule has 27 heavy (non-hydrogen) atoms. The van der Waals surface area contributed by atoms with Crippen LogP contribution in [0, 0.1) is 5.92 Å². The zero-order valence-corrected chi connectivity index (χ0v) is 16.0. The van der Waals surface area contributed by atoms with Crippen molar-refractivity contribution in [2.75, 3.05) is 13.2 Å². The van der Waals surface area contributed by atoms with E-state index in [1.165, 1.54) is 11.3 Å². The second-order valence-corrected chi connectivity index (χ2v) is 7.69. The molecule has 0 fully saturated rings. The number of hydrogen-bond donors (Lipinski definition) is 1. The van der Waals surface area contributed by atoms with E-state index in [1.807, 2.05) is 18.2 Å². The Kier molecular flexibility index (Phi) is 6.47. The maximum absolute atomic E-state index is 12.3. The quantitative estimate of drug-likeness (QED) is 0.701. The highest BCUT2D eigenvalue weighted by molar-refractivity contribution is 7.14. The Morgan fingerprint density at radius 1 is 1.41 bits per heavy atom. The highest BCUT2D eigenvalue weighted by Gasteiger charge is 2.17. The van der Waals surface area contributed by atoms with Crippen molar-refractivity contribution in [2.45, 2.75) is 32.6 Å². The smallest absolute Gasteiger partial charge is 0.305 e. The van der Waals surface area contributed by atoms with Crippen LogP contribution in [0.4, 0.5) is 0 Å². The van der Waals surface area contributed by atoms with Crippen molar-refractivity contribution < 1.29 is 14.6 Å². The normalized spacial score (nSPS) is 15.5. The minimum Gasteiger partial charge on any atom is -0.481 e. The van der Waals surface area contributed by atoms with E-state index in [2.05, 4.69) is 23.0 Å². The molecule has 0 aromatic carbocycles. The summed E-state index contributed by atoms with van der Waals surface area (Å²) in [6, 6.07) is 3.90. The molecule has 2 aromatic rings. The molecule has 0 bridgehead atoms. The minimum absolute atomic E-state index is 0.0239. The van der Waals surface area contributed by atoms with Crippen molar-refractivity contribution in [3.05, 3.63) is 50.8 Å². The molecule has 0 amide bonds. The fraction of sp³-hybridized carbons (Fsp3) is 0.400. The predicted molar refractivity (Wildman–Crippen MR) is 105 cm³/mol. The van der Waals surface area contributed by atoms with Gasteiger partial charge in [0, 0.05) is 17.7 Å². The van der Waals surface area contributed by atoms with Gasteiger partial charge in [-0.15, -0.1) is 11.3 Å². The summed E-state index contributed by atoms with van der Waals surface area (Å²) >= 11 is 1.54. The zero-order chi connectivity index (χ0) is 19.2. The summed E-state index contributed by atoms with van der Waals surface area (Å²) < 4.78 is 5.31. The van der Waals surface area contributed by atoms with E-state index in [9.17, 15) is 9.59 Å². The lowest BCUT2D eigenvalue weighted by Gasteiger charge is -2.14. The Morgan fingerprint density at radius 3 is 3.07 bits per heavy atom. The van der Waals surface area contributed by atoms with Gasteiger partial charge in [-0.05, 0) is 42.9 Å². The van der Waals surface area contributed by atoms with Crippen LogP contribution < -0.4 is 5.56 Å². The Bertz CT molecular complexity index is 907. The van der Waals surface area contributed by atoms with E-state index in [-0.39, 0.29) is 18.6 Å². The molecule has 0 saturated carbocycles. The summed E-state index contributed by atoms with van der Waals surface area (Å²) in [6.07, 6.45) is 8.13. The molecule has 3 rings (SSSR count). The largest absolute Gasteiger partial charge is 0.481 e. The summed E-state index contributed by atoms with van der Waals surface area (Å²) in [4.78, 5) is 32.5. The van der Waals surface area contributed by atoms with Gasteiger partial charge < -0.3 is 9.84 Å². The first kappa shape index (κ1) is 19.4. The van der Waals surface area contributed by atoms with Crippen molar-refractivity contribution in [2.24, 2.45) is 5.92 Å². The topological polar surface area (TPSA) is 89.4 Å². The van der Waals surface area contributed by atoms with Gasteiger partial charge in [0.25, 0.3) is 5.56 Å². The van der Waals surface area contributed by atoms with Gasteiger partial charge in [-0.25, -0.2) is 0 Å². The molecule has 1 N–H and O–H groups in total. The van der Waals surface area contributed by atoms with Crippen LogP contribution in [-0.4, -0.2) is 34.3 Å². The highest BCUT2D eigenvalue weighted by Crippen LogP contribution is 2.29. The number of carboxylic acids is 1. The third-order valence-electron chi connectivity index (χ3n) is 4.31. The Hall–Kier alpha value is -2.38. The fourth-order valence-electron chi connectivity index (χ4n) is 2.90. The fourth-order valence-corrected chi connectivity index (χ4v) is 4.09. The average Bonchev–Trinajstić information content (AvgIpc) is 2.64. The van der Waals surface area contributed by atoms with Crippen LogP contribution in [0.3, 0.4) is 0 Å². The number of fused-ring (bicyclic) bond motifs is 1. The SMILES string of the molecule is CC1C=Cc2c(sc(-c3cc(CCCOCCC(=O)O)ccn3)nc2=O)C1. The molecule has 0 spiro atoms. The van der Waals surface area contributed by atoms with Crippen molar-refractivity contribution in [1.29, 1.82) is 0 Å². The number of carbonyl (C=O) groups is 1. The average molecular weight is 386 g/mol. The molecule has 1 aliphatic carbocycles. The number of pyridine rings is 1. The number of carboxylic acid groups (broad SMARTS) is 1. The van der Waals surface area contributed by atoms with Gasteiger partial charge in [-0.1, -0.05) is 19.1 Å². The number of aromatic nitrogens is 2. The number of nitrogens with zero attached hydrogens (tertiary/aromatic N) is 2.